The molecule has 2 aromatic carbocycles. The quantitative estimate of drug-likeness (QED) is 0.692. The van der Waals surface area contributed by atoms with Crippen LogP contribution < -0.4 is 20.9 Å². The molecule has 2 unspecified atom stereocenters. The van der Waals surface area contributed by atoms with E-state index in [9.17, 15) is 4.79 Å². The Bertz CT molecular complexity index is 721. The minimum Gasteiger partial charge on any atom is -0.494 e. The maximum absolute atomic E-state index is 12.5. The second-order valence-electron chi connectivity index (χ2n) is 5.85. The highest BCUT2D eigenvalue weighted by Crippen LogP contribution is 2.25. The van der Waals surface area contributed by atoms with Crippen LogP contribution in [-0.2, 0) is 4.79 Å². The van der Waals surface area contributed by atoms with Gasteiger partial charge in [0.25, 0.3) is 0 Å². The number of ether oxygens (including phenoxy) is 1. The molecule has 0 bridgehead atoms. The van der Waals surface area contributed by atoms with Crippen molar-refractivity contribution in [2.75, 3.05) is 18.2 Å². The van der Waals surface area contributed by atoms with Gasteiger partial charge < -0.3 is 10.1 Å². The summed E-state index contributed by atoms with van der Waals surface area (Å²) in [4.78, 5) is 13.6. The van der Waals surface area contributed by atoms with Crippen LogP contribution in [0.3, 0.4) is 0 Å². The van der Waals surface area contributed by atoms with Crippen molar-refractivity contribution < 1.29 is 9.53 Å². The van der Waals surface area contributed by atoms with Crippen LogP contribution in [0.15, 0.2) is 53.4 Å². The molecule has 1 heterocycles. The summed E-state index contributed by atoms with van der Waals surface area (Å²) < 4.78 is 5.47. The molecule has 0 saturated carbocycles. The lowest BCUT2D eigenvalue weighted by Gasteiger charge is -2.12. The lowest BCUT2D eigenvalue weighted by molar-refractivity contribution is -0.117. The SMILES string of the molecule is CCOc1ccc(C2CC(C(=O)Nc3cccc(SC)c3)NN2)cc1. The maximum atomic E-state index is 12.5. The van der Waals surface area contributed by atoms with E-state index in [-0.39, 0.29) is 18.0 Å². The first-order valence-corrected chi connectivity index (χ1v) is 9.61. The highest BCUT2D eigenvalue weighted by Gasteiger charge is 2.30. The molecule has 1 fully saturated rings. The van der Waals surface area contributed by atoms with Gasteiger partial charge in [0.05, 0.1) is 6.61 Å². The summed E-state index contributed by atoms with van der Waals surface area (Å²) >= 11 is 1.65. The monoisotopic (exact) mass is 357 g/mol. The lowest BCUT2D eigenvalue weighted by Crippen LogP contribution is -2.39. The number of carbonyl (C=O) groups excluding carboxylic acids is 1. The third-order valence-electron chi connectivity index (χ3n) is 4.15. The molecule has 1 amide bonds. The smallest absolute Gasteiger partial charge is 0.242 e. The average molecular weight is 357 g/mol. The summed E-state index contributed by atoms with van der Waals surface area (Å²) in [5.74, 6) is 0.833. The first-order valence-electron chi connectivity index (χ1n) is 8.38. The van der Waals surface area contributed by atoms with Crippen molar-refractivity contribution in [1.82, 2.24) is 10.9 Å². The first-order chi connectivity index (χ1) is 12.2. The number of carbonyl (C=O) groups is 1. The van der Waals surface area contributed by atoms with Gasteiger partial charge in [-0.1, -0.05) is 18.2 Å². The fourth-order valence-corrected chi connectivity index (χ4v) is 3.30. The van der Waals surface area contributed by atoms with Crippen molar-refractivity contribution in [2.45, 2.75) is 30.3 Å². The van der Waals surface area contributed by atoms with Gasteiger partial charge in [-0.25, -0.2) is 10.9 Å². The van der Waals surface area contributed by atoms with Crippen molar-refractivity contribution in [3.05, 3.63) is 54.1 Å². The van der Waals surface area contributed by atoms with Crippen LogP contribution in [0.25, 0.3) is 0 Å². The van der Waals surface area contributed by atoms with E-state index >= 15 is 0 Å². The van der Waals surface area contributed by atoms with Crippen LogP contribution in [0.2, 0.25) is 0 Å². The molecule has 0 spiro atoms. The molecule has 0 radical (unpaired) electrons. The van der Waals surface area contributed by atoms with Gasteiger partial charge in [0, 0.05) is 16.6 Å². The lowest BCUT2D eigenvalue weighted by atomic mass is 10.0. The Morgan fingerprint density at radius 1 is 1.24 bits per heavy atom. The maximum Gasteiger partial charge on any atom is 0.242 e. The van der Waals surface area contributed by atoms with E-state index < -0.39 is 0 Å². The van der Waals surface area contributed by atoms with Crippen molar-refractivity contribution in [2.24, 2.45) is 0 Å². The molecule has 2 aromatic rings. The van der Waals surface area contributed by atoms with Gasteiger partial charge in [0.15, 0.2) is 0 Å². The van der Waals surface area contributed by atoms with Crippen LogP contribution in [0.5, 0.6) is 5.75 Å². The van der Waals surface area contributed by atoms with Crippen molar-refractivity contribution in [3.8, 4) is 5.75 Å². The standard InChI is InChI=1S/C19H23N3O2S/c1-3-24-15-9-7-13(8-10-15)17-12-18(22-21-17)19(23)20-14-5-4-6-16(11-14)25-2/h4-11,17-18,21-22H,3,12H2,1-2H3,(H,20,23). The van der Waals surface area contributed by atoms with Crippen molar-refractivity contribution in [3.63, 3.8) is 0 Å². The molecule has 3 N–H and O–H groups in total. The van der Waals surface area contributed by atoms with Gasteiger partial charge in [-0.15, -0.1) is 11.8 Å². The van der Waals surface area contributed by atoms with Gasteiger partial charge >= 0.3 is 0 Å². The summed E-state index contributed by atoms with van der Waals surface area (Å²) in [7, 11) is 0. The molecular weight excluding hydrogens is 334 g/mol. The van der Waals surface area contributed by atoms with E-state index in [1.165, 1.54) is 0 Å². The largest absolute Gasteiger partial charge is 0.494 e. The van der Waals surface area contributed by atoms with Crippen LogP contribution in [0, 0.1) is 0 Å². The fourth-order valence-electron chi connectivity index (χ4n) is 2.84. The molecule has 25 heavy (non-hydrogen) atoms. The molecular formula is C19H23N3O2S. The topological polar surface area (TPSA) is 62.4 Å². The zero-order valence-corrected chi connectivity index (χ0v) is 15.2. The molecule has 0 aliphatic carbocycles. The normalized spacial score (nSPS) is 19.6. The highest BCUT2D eigenvalue weighted by molar-refractivity contribution is 7.98. The minimum absolute atomic E-state index is 0.0285. The number of hydrogen-bond donors (Lipinski definition) is 3. The van der Waals surface area contributed by atoms with Crippen LogP contribution in [0.1, 0.15) is 24.9 Å². The Morgan fingerprint density at radius 2 is 2.04 bits per heavy atom. The number of benzene rings is 2. The van der Waals surface area contributed by atoms with Gasteiger partial charge in [-0.2, -0.15) is 0 Å². The second-order valence-corrected chi connectivity index (χ2v) is 6.73. The Labute approximate surface area is 152 Å². The average Bonchev–Trinajstić information content (AvgIpc) is 3.13. The molecule has 5 nitrogen and oxygen atoms in total. The van der Waals surface area contributed by atoms with E-state index in [1.807, 2.05) is 61.7 Å². The van der Waals surface area contributed by atoms with Gasteiger partial charge in [0.2, 0.25) is 5.91 Å². The van der Waals surface area contributed by atoms with Crippen LogP contribution >= 0.6 is 11.8 Å². The zero-order valence-electron chi connectivity index (χ0n) is 14.4. The summed E-state index contributed by atoms with van der Waals surface area (Å²) in [6.45, 7) is 2.62. The molecule has 1 aliphatic rings. The summed E-state index contributed by atoms with van der Waals surface area (Å²) in [6.07, 6.45) is 2.72. The number of hydrazine groups is 1. The Kier molecular flexibility index (Phi) is 5.96. The van der Waals surface area contributed by atoms with Gasteiger partial charge in [0.1, 0.15) is 11.8 Å². The van der Waals surface area contributed by atoms with Crippen LogP contribution in [0.4, 0.5) is 5.69 Å². The Balaban J connectivity index is 1.58. The molecule has 1 aliphatic heterocycles. The molecule has 2 atom stereocenters. The third kappa shape index (κ3) is 4.54. The molecule has 1 saturated heterocycles. The number of anilines is 1. The summed E-state index contributed by atoms with van der Waals surface area (Å²) in [5.41, 5.74) is 8.26. The van der Waals surface area contributed by atoms with Gasteiger partial charge in [-0.3, -0.25) is 4.79 Å². The second kappa shape index (κ2) is 8.38. The number of hydrogen-bond acceptors (Lipinski definition) is 5. The Hall–Kier alpha value is -2.02. The highest BCUT2D eigenvalue weighted by atomic mass is 32.2. The number of amides is 1. The zero-order chi connectivity index (χ0) is 17.6. The van der Waals surface area contributed by atoms with E-state index in [0.717, 1.165) is 21.9 Å². The van der Waals surface area contributed by atoms with Gasteiger partial charge in [-0.05, 0) is 55.5 Å². The van der Waals surface area contributed by atoms with Crippen molar-refractivity contribution in [1.29, 1.82) is 0 Å². The van der Waals surface area contributed by atoms with E-state index in [1.54, 1.807) is 11.8 Å². The summed E-state index contributed by atoms with van der Waals surface area (Å²) in [6, 6.07) is 15.7. The third-order valence-corrected chi connectivity index (χ3v) is 4.88. The van der Waals surface area contributed by atoms with E-state index in [0.29, 0.717) is 13.0 Å². The molecule has 3 rings (SSSR count). The van der Waals surface area contributed by atoms with E-state index in [2.05, 4.69) is 16.2 Å². The molecule has 132 valence electrons. The van der Waals surface area contributed by atoms with Crippen LogP contribution in [-0.4, -0.2) is 24.8 Å². The predicted octanol–water partition coefficient (Wildman–Crippen LogP) is 3.35. The number of thioether (sulfide) groups is 1. The first kappa shape index (κ1) is 17.8. The number of rotatable bonds is 6. The predicted molar refractivity (Wildman–Crippen MR) is 102 cm³/mol. The minimum atomic E-state index is -0.269. The molecule has 6 heteroatoms. The fraction of sp³-hybridized carbons (Fsp3) is 0.316. The van der Waals surface area contributed by atoms with Crippen molar-refractivity contribution >= 4 is 23.4 Å². The molecule has 0 aromatic heterocycles. The Morgan fingerprint density at radius 3 is 2.76 bits per heavy atom. The van der Waals surface area contributed by atoms with E-state index in [4.69, 9.17) is 4.74 Å². The summed E-state index contributed by atoms with van der Waals surface area (Å²) in [5, 5.41) is 2.98. The number of nitrogens with one attached hydrogen (secondary N) is 3.